The molecule has 1 fully saturated rings. The van der Waals surface area contributed by atoms with Gasteiger partial charge in [-0.1, -0.05) is 11.6 Å². The first-order valence-electron chi connectivity index (χ1n) is 6.13. The number of aromatic amines is 1. The van der Waals surface area contributed by atoms with E-state index in [1.807, 2.05) is 0 Å². The third-order valence-electron chi connectivity index (χ3n) is 3.17. The Bertz CT molecular complexity index is 721. The maximum absolute atomic E-state index is 12.3. The molecule has 0 unspecified atom stereocenters. The van der Waals surface area contributed by atoms with Gasteiger partial charge in [-0.3, -0.25) is 19.4 Å². The summed E-state index contributed by atoms with van der Waals surface area (Å²) in [7, 11) is -2.96. The number of likely N-dealkylation sites (tertiary alicyclic amines) is 1. The average Bonchev–Trinajstić information content (AvgIpc) is 2.69. The van der Waals surface area contributed by atoms with Gasteiger partial charge in [0.2, 0.25) is 0 Å². The lowest BCUT2D eigenvalue weighted by Crippen LogP contribution is -2.41. The minimum absolute atomic E-state index is 0. The van der Waals surface area contributed by atoms with Crippen molar-refractivity contribution in [3.63, 3.8) is 0 Å². The summed E-state index contributed by atoms with van der Waals surface area (Å²) in [5, 5.41) is 7.65. The second-order valence-corrected chi connectivity index (χ2v) is 8.46. The Morgan fingerprint density at radius 2 is 2.00 bits per heavy atom. The van der Waals surface area contributed by atoms with E-state index in [4.69, 9.17) is 17.0 Å². The highest BCUT2D eigenvalue weighted by Crippen LogP contribution is 2.19. The van der Waals surface area contributed by atoms with Crippen LogP contribution >= 0.6 is 24.0 Å². The minimum atomic E-state index is -2.96. The van der Waals surface area contributed by atoms with E-state index >= 15 is 0 Å². The molecule has 0 radical (unpaired) electrons. The van der Waals surface area contributed by atoms with Gasteiger partial charge >= 0.3 is 5.69 Å². The Hall–Kier alpha value is -1.12. The van der Waals surface area contributed by atoms with Crippen molar-refractivity contribution in [3.05, 3.63) is 31.6 Å². The number of hydrogen-bond acceptors (Lipinski definition) is 4. The Morgan fingerprint density at radius 1 is 1.38 bits per heavy atom. The van der Waals surface area contributed by atoms with Gasteiger partial charge in [-0.25, -0.2) is 8.77 Å². The van der Waals surface area contributed by atoms with Gasteiger partial charge in [-0.2, -0.15) is 0 Å². The van der Waals surface area contributed by atoms with Crippen LogP contribution in [0.2, 0.25) is 5.02 Å². The van der Waals surface area contributed by atoms with Gasteiger partial charge < -0.3 is 4.90 Å². The van der Waals surface area contributed by atoms with E-state index in [1.54, 1.807) is 4.90 Å². The molecule has 1 aromatic rings. The lowest BCUT2D eigenvalue weighted by Gasteiger charge is -2.25. The molecule has 0 bridgehead atoms. The summed E-state index contributed by atoms with van der Waals surface area (Å²) in [6.45, 7) is 0.802. The number of rotatable bonds is 3. The Labute approximate surface area is 133 Å². The summed E-state index contributed by atoms with van der Waals surface area (Å²) in [6.07, 6.45) is 4.37. The summed E-state index contributed by atoms with van der Waals surface area (Å²) in [5.41, 5.74) is -1.21. The maximum atomic E-state index is 12.3. The van der Waals surface area contributed by atoms with Crippen molar-refractivity contribution < 1.29 is 4.21 Å². The molecule has 0 atom stereocenters. The fourth-order valence-corrected chi connectivity index (χ4v) is 3.77. The van der Waals surface area contributed by atoms with Gasteiger partial charge in [0.05, 0.1) is 18.1 Å². The van der Waals surface area contributed by atoms with Crippen LogP contribution in [0.3, 0.4) is 0 Å². The zero-order valence-corrected chi connectivity index (χ0v) is 14.1. The van der Waals surface area contributed by atoms with Gasteiger partial charge in [-0.15, -0.1) is 12.4 Å². The van der Waals surface area contributed by atoms with Crippen LogP contribution in [0, 0.1) is 5.41 Å². The molecule has 1 aliphatic heterocycles. The number of aromatic nitrogens is 2. The topological polar surface area (TPSA) is 99.0 Å². The predicted octanol–water partition coefficient (Wildman–Crippen LogP) is 0.224. The number of thiol groups is 1. The van der Waals surface area contributed by atoms with Crippen molar-refractivity contribution in [2.45, 2.75) is 19.4 Å². The molecule has 120 valence electrons. The van der Waals surface area contributed by atoms with Gasteiger partial charge in [0.15, 0.2) is 0 Å². The zero-order valence-electron chi connectivity index (χ0n) is 11.7. The molecule has 0 saturated carbocycles. The van der Waals surface area contributed by atoms with E-state index in [-0.39, 0.29) is 29.7 Å². The summed E-state index contributed by atoms with van der Waals surface area (Å²) in [4.78, 5) is 27.3. The zero-order chi connectivity index (χ0) is 15.1. The van der Waals surface area contributed by atoms with E-state index in [1.165, 1.54) is 12.5 Å². The standard InChI is InChI=1S/C11H17ClN4O3S.ClH/c1-20(2,19)16-7(6-15-5-3-4-8(15)13)9(12)10(17)14-11(16)18;/h13,20H,3-6H2,1-2H3,(H,14,17,18);1H. The summed E-state index contributed by atoms with van der Waals surface area (Å²) >= 11 is 5.98. The molecule has 2 heterocycles. The number of nitrogens with one attached hydrogen (secondary N) is 2. The molecule has 1 aromatic heterocycles. The van der Waals surface area contributed by atoms with E-state index in [9.17, 15) is 13.8 Å². The van der Waals surface area contributed by atoms with Gasteiger partial charge in [-0.05, 0) is 16.5 Å². The van der Waals surface area contributed by atoms with E-state index in [2.05, 4.69) is 4.98 Å². The molecule has 0 aromatic carbocycles. The lowest BCUT2D eigenvalue weighted by atomic mass is 10.3. The minimum Gasteiger partial charge on any atom is -0.355 e. The SMILES string of the molecule is C[SH](C)(=O)n1c(CN2CCCC2=N)c(Cl)c(=O)[nH]c1=O.Cl. The van der Waals surface area contributed by atoms with Crippen LogP contribution in [-0.2, 0) is 16.7 Å². The van der Waals surface area contributed by atoms with Crippen molar-refractivity contribution in [1.82, 2.24) is 13.9 Å². The Morgan fingerprint density at radius 3 is 2.48 bits per heavy atom. The van der Waals surface area contributed by atoms with Crippen LogP contribution in [0.1, 0.15) is 18.5 Å². The fourth-order valence-electron chi connectivity index (χ4n) is 2.28. The quantitative estimate of drug-likeness (QED) is 0.674. The molecular formula is C11H18Cl2N4O3S. The molecule has 10 heteroatoms. The average molecular weight is 357 g/mol. The number of nitrogens with zero attached hydrogens (tertiary/aromatic N) is 2. The van der Waals surface area contributed by atoms with Gasteiger partial charge in [0.25, 0.3) is 5.56 Å². The smallest absolute Gasteiger partial charge is 0.339 e. The molecule has 0 aliphatic carbocycles. The lowest BCUT2D eigenvalue weighted by molar-refractivity contribution is 0.435. The van der Waals surface area contributed by atoms with Crippen molar-refractivity contribution in [2.75, 3.05) is 19.1 Å². The number of H-pyrrole nitrogens is 1. The molecular weight excluding hydrogens is 339 g/mol. The van der Waals surface area contributed by atoms with Crippen molar-refractivity contribution in [1.29, 1.82) is 5.41 Å². The second kappa shape index (κ2) is 6.33. The molecule has 0 spiro atoms. The van der Waals surface area contributed by atoms with Crippen molar-refractivity contribution in [3.8, 4) is 0 Å². The number of hydrogen-bond donors (Lipinski definition) is 3. The summed E-state index contributed by atoms with van der Waals surface area (Å²) < 4.78 is 13.3. The summed E-state index contributed by atoms with van der Waals surface area (Å²) in [6, 6.07) is 0. The second-order valence-electron chi connectivity index (χ2n) is 5.10. The van der Waals surface area contributed by atoms with Crippen LogP contribution in [0.4, 0.5) is 0 Å². The van der Waals surface area contributed by atoms with Crippen LogP contribution in [0.15, 0.2) is 9.59 Å². The molecule has 1 aliphatic rings. The van der Waals surface area contributed by atoms with E-state index < -0.39 is 21.4 Å². The first-order valence-corrected chi connectivity index (χ1v) is 9.07. The maximum Gasteiger partial charge on any atom is 0.339 e. The monoisotopic (exact) mass is 356 g/mol. The molecule has 21 heavy (non-hydrogen) atoms. The largest absolute Gasteiger partial charge is 0.355 e. The van der Waals surface area contributed by atoms with Crippen molar-refractivity contribution >= 4 is 40.0 Å². The molecule has 2 rings (SSSR count). The molecule has 1 saturated heterocycles. The van der Waals surface area contributed by atoms with Gasteiger partial charge in [0, 0.05) is 25.5 Å². The molecule has 2 N–H and O–H groups in total. The van der Waals surface area contributed by atoms with Crippen LogP contribution in [0.5, 0.6) is 0 Å². The highest BCUT2D eigenvalue weighted by atomic mass is 35.5. The van der Waals surface area contributed by atoms with Gasteiger partial charge in [0.1, 0.15) is 5.02 Å². The number of amidine groups is 1. The molecule has 7 nitrogen and oxygen atoms in total. The number of halogens is 2. The first kappa shape index (κ1) is 17.9. The van der Waals surface area contributed by atoms with Crippen LogP contribution in [-0.4, -0.2) is 43.0 Å². The van der Waals surface area contributed by atoms with Crippen molar-refractivity contribution in [2.24, 2.45) is 0 Å². The Kier molecular flexibility index (Phi) is 5.40. The Balaban J connectivity index is 0.00000220. The highest BCUT2D eigenvalue weighted by molar-refractivity contribution is 8.00. The fraction of sp³-hybridized carbons (Fsp3) is 0.545. The third-order valence-corrected chi connectivity index (χ3v) is 4.94. The van der Waals surface area contributed by atoms with E-state index in [0.717, 1.165) is 10.4 Å². The van der Waals surface area contributed by atoms with E-state index in [0.29, 0.717) is 18.8 Å². The molecule has 0 amide bonds. The van der Waals surface area contributed by atoms with Crippen LogP contribution in [0.25, 0.3) is 0 Å². The first-order chi connectivity index (χ1) is 9.21. The third kappa shape index (κ3) is 3.56. The predicted molar refractivity (Wildman–Crippen MR) is 87.7 cm³/mol. The summed E-state index contributed by atoms with van der Waals surface area (Å²) in [5.74, 6) is 0.433. The van der Waals surface area contributed by atoms with Crippen LogP contribution < -0.4 is 11.2 Å². The normalized spacial score (nSPS) is 16.0. The highest BCUT2D eigenvalue weighted by Gasteiger charge is 2.24.